The Hall–Kier alpha value is -4.05. The molecule has 1 aliphatic carbocycles. The van der Waals surface area contributed by atoms with Crippen molar-refractivity contribution in [3.8, 4) is 5.75 Å². The van der Waals surface area contributed by atoms with Crippen molar-refractivity contribution in [2.45, 2.75) is 31.8 Å². The summed E-state index contributed by atoms with van der Waals surface area (Å²) in [6.07, 6.45) is 9.29. The van der Waals surface area contributed by atoms with E-state index in [0.717, 1.165) is 30.4 Å². The lowest BCUT2D eigenvalue weighted by molar-refractivity contribution is -0.116. The zero-order chi connectivity index (χ0) is 29.6. The number of carbonyl (C=O) groups is 3. The molecule has 10 heteroatoms. The molecule has 218 valence electrons. The highest BCUT2D eigenvalue weighted by molar-refractivity contribution is 9.10. The molecule has 3 aromatic rings. The van der Waals surface area contributed by atoms with Crippen molar-refractivity contribution in [3.05, 3.63) is 99.5 Å². The second-order valence-electron chi connectivity index (χ2n) is 10.6. The monoisotopic (exact) mass is 634 g/mol. The molecule has 0 bridgehead atoms. The third-order valence-electron chi connectivity index (χ3n) is 7.97. The van der Waals surface area contributed by atoms with Crippen molar-refractivity contribution in [1.82, 2.24) is 20.5 Å². The summed E-state index contributed by atoms with van der Waals surface area (Å²) in [6.45, 7) is 1.54. The van der Waals surface area contributed by atoms with E-state index in [9.17, 15) is 18.8 Å². The summed E-state index contributed by atoms with van der Waals surface area (Å²) in [6, 6.07) is 13.5. The Kier molecular flexibility index (Phi) is 9.31. The van der Waals surface area contributed by atoms with Gasteiger partial charge in [-0.3, -0.25) is 19.4 Å². The van der Waals surface area contributed by atoms with E-state index in [4.69, 9.17) is 4.74 Å². The first kappa shape index (κ1) is 29.4. The topological polar surface area (TPSA) is 101 Å². The summed E-state index contributed by atoms with van der Waals surface area (Å²) in [5.74, 6) is -0.483. The number of aromatic nitrogens is 1. The molecule has 0 spiro atoms. The molecule has 42 heavy (non-hydrogen) atoms. The highest BCUT2D eigenvalue weighted by atomic mass is 79.9. The molecule has 5 rings (SSSR count). The third kappa shape index (κ3) is 6.87. The molecule has 1 aliphatic heterocycles. The smallest absolute Gasteiger partial charge is 0.255 e. The Morgan fingerprint density at radius 1 is 1.14 bits per heavy atom. The Labute approximate surface area is 252 Å². The number of nitrogens with zero attached hydrogens (tertiary/aromatic N) is 2. The number of benzene rings is 2. The van der Waals surface area contributed by atoms with Crippen LogP contribution < -0.4 is 15.4 Å². The number of hydrogen-bond acceptors (Lipinski definition) is 5. The molecule has 1 saturated carbocycles. The summed E-state index contributed by atoms with van der Waals surface area (Å²) in [7, 11) is 1.40. The predicted octanol–water partition coefficient (Wildman–Crippen LogP) is 4.99. The quantitative estimate of drug-likeness (QED) is 0.340. The molecule has 3 amide bonds. The zero-order valence-corrected chi connectivity index (χ0v) is 24.8. The normalized spacial score (nSPS) is 19.8. The molecule has 2 N–H and O–H groups in total. The molecule has 1 saturated heterocycles. The first-order valence-corrected chi connectivity index (χ1v) is 14.7. The van der Waals surface area contributed by atoms with Gasteiger partial charge in [0.15, 0.2) is 0 Å². The second-order valence-corrected chi connectivity index (χ2v) is 11.5. The zero-order valence-electron chi connectivity index (χ0n) is 23.2. The van der Waals surface area contributed by atoms with E-state index in [1.807, 2.05) is 23.1 Å². The molecule has 3 atom stereocenters. The average molecular weight is 636 g/mol. The molecular weight excluding hydrogens is 603 g/mol. The fourth-order valence-electron chi connectivity index (χ4n) is 5.78. The van der Waals surface area contributed by atoms with E-state index in [1.165, 1.54) is 25.3 Å². The molecule has 0 unspecified atom stereocenters. The fourth-order valence-corrected chi connectivity index (χ4v) is 6.12. The number of pyridine rings is 1. The van der Waals surface area contributed by atoms with E-state index in [0.29, 0.717) is 31.1 Å². The van der Waals surface area contributed by atoms with E-state index < -0.39 is 5.82 Å². The van der Waals surface area contributed by atoms with Crippen LogP contribution in [0.4, 0.5) is 4.39 Å². The Morgan fingerprint density at radius 3 is 2.69 bits per heavy atom. The van der Waals surface area contributed by atoms with Crippen molar-refractivity contribution >= 4 is 39.7 Å². The minimum Gasteiger partial charge on any atom is -0.496 e. The third-order valence-corrected chi connectivity index (χ3v) is 8.58. The van der Waals surface area contributed by atoms with Gasteiger partial charge >= 0.3 is 0 Å². The van der Waals surface area contributed by atoms with Crippen molar-refractivity contribution in [2.24, 2.45) is 11.8 Å². The number of rotatable bonds is 8. The Bertz CT molecular complexity index is 1480. The Morgan fingerprint density at radius 2 is 1.95 bits per heavy atom. The number of halogens is 2. The highest BCUT2D eigenvalue weighted by Crippen LogP contribution is 2.37. The first-order chi connectivity index (χ1) is 20.3. The van der Waals surface area contributed by atoms with E-state index in [-0.39, 0.29) is 45.5 Å². The highest BCUT2D eigenvalue weighted by Gasteiger charge is 2.42. The van der Waals surface area contributed by atoms with Crippen molar-refractivity contribution in [2.75, 3.05) is 20.2 Å². The van der Waals surface area contributed by atoms with Gasteiger partial charge in [-0.05, 0) is 76.2 Å². The average Bonchev–Trinajstić information content (AvgIpc) is 3.46. The number of ether oxygens (including phenoxy) is 1. The van der Waals surface area contributed by atoms with Gasteiger partial charge in [0.1, 0.15) is 11.6 Å². The molecule has 2 heterocycles. The van der Waals surface area contributed by atoms with Crippen LogP contribution >= 0.6 is 15.9 Å². The summed E-state index contributed by atoms with van der Waals surface area (Å²) in [5, 5.41) is 5.98. The molecule has 2 fully saturated rings. The van der Waals surface area contributed by atoms with Gasteiger partial charge < -0.3 is 20.3 Å². The van der Waals surface area contributed by atoms with Crippen LogP contribution in [0.15, 0.2) is 71.5 Å². The van der Waals surface area contributed by atoms with Crippen molar-refractivity contribution < 1.29 is 23.5 Å². The van der Waals surface area contributed by atoms with Gasteiger partial charge in [0.05, 0.1) is 17.1 Å². The lowest BCUT2D eigenvalue weighted by Crippen LogP contribution is -2.45. The Balaban J connectivity index is 1.17. The number of hydrogen-bond donors (Lipinski definition) is 2. The van der Waals surface area contributed by atoms with Crippen LogP contribution in [-0.2, 0) is 11.3 Å². The van der Waals surface area contributed by atoms with Crippen LogP contribution in [-0.4, -0.2) is 53.8 Å². The van der Waals surface area contributed by atoms with Gasteiger partial charge in [-0.2, -0.15) is 0 Å². The van der Waals surface area contributed by atoms with Crippen LogP contribution in [0.2, 0.25) is 0 Å². The molecule has 1 aromatic heterocycles. The minimum absolute atomic E-state index is 0.0476. The lowest BCUT2D eigenvalue weighted by Gasteiger charge is -2.33. The summed E-state index contributed by atoms with van der Waals surface area (Å²) in [4.78, 5) is 44.6. The molecule has 2 aromatic carbocycles. The maximum Gasteiger partial charge on any atom is 0.255 e. The molecule has 0 radical (unpaired) electrons. The standard InChI is InChI=1S/C32H32BrFN4O4/c1-42-29-15-27(34)26(33)14-24(29)31(40)37-28-6-2-5-23-18-38(19-25(23)28)32(41)22-10-7-21(8-11-22)17-36-30(39)12-9-20-4-3-13-35-16-20/h3-4,7-16,23,25,28H,2,5-6,17-19H2,1H3,(H,36,39)(H,37,40)/b12-9+/t23-,25-,28+/m1/s1. The predicted molar refractivity (Wildman–Crippen MR) is 160 cm³/mol. The van der Waals surface area contributed by atoms with Crippen LogP contribution in [0.1, 0.15) is 51.1 Å². The van der Waals surface area contributed by atoms with Crippen molar-refractivity contribution in [3.63, 3.8) is 0 Å². The van der Waals surface area contributed by atoms with Gasteiger partial charge in [-0.1, -0.05) is 24.6 Å². The summed E-state index contributed by atoms with van der Waals surface area (Å²) in [5.41, 5.74) is 2.57. The molecular formula is C32H32BrFN4O4. The largest absolute Gasteiger partial charge is 0.496 e. The van der Waals surface area contributed by atoms with Gasteiger partial charge in [0, 0.05) is 61.7 Å². The maximum atomic E-state index is 14.0. The summed E-state index contributed by atoms with van der Waals surface area (Å²) < 4.78 is 19.4. The number of amides is 3. The van der Waals surface area contributed by atoms with Gasteiger partial charge in [0.25, 0.3) is 11.8 Å². The first-order valence-electron chi connectivity index (χ1n) is 13.9. The number of fused-ring (bicyclic) bond motifs is 1. The number of carbonyl (C=O) groups excluding carboxylic acids is 3. The SMILES string of the molecule is COc1cc(F)c(Br)cc1C(=O)N[C@H]1CCC[C@@H]2CN(C(=O)c3ccc(CNC(=O)/C=C/c4cccnc4)cc3)C[C@H]21. The van der Waals surface area contributed by atoms with Crippen LogP contribution in [0.25, 0.3) is 6.08 Å². The van der Waals surface area contributed by atoms with Gasteiger partial charge in [-0.25, -0.2) is 4.39 Å². The minimum atomic E-state index is -0.502. The van der Waals surface area contributed by atoms with E-state index in [2.05, 4.69) is 31.5 Å². The number of methoxy groups -OCH3 is 1. The van der Waals surface area contributed by atoms with Crippen LogP contribution in [0.5, 0.6) is 5.75 Å². The number of likely N-dealkylation sites (tertiary alicyclic amines) is 1. The molecule has 8 nitrogen and oxygen atoms in total. The second kappa shape index (κ2) is 13.3. The maximum absolute atomic E-state index is 14.0. The van der Waals surface area contributed by atoms with Gasteiger partial charge in [-0.15, -0.1) is 0 Å². The van der Waals surface area contributed by atoms with Gasteiger partial charge in [0.2, 0.25) is 5.91 Å². The number of nitrogens with one attached hydrogen (secondary N) is 2. The van der Waals surface area contributed by atoms with Crippen LogP contribution in [0.3, 0.4) is 0 Å². The molecule has 2 aliphatic rings. The van der Waals surface area contributed by atoms with E-state index in [1.54, 1.807) is 36.7 Å². The van der Waals surface area contributed by atoms with Crippen LogP contribution in [0, 0.1) is 17.7 Å². The lowest BCUT2D eigenvalue weighted by atomic mass is 9.78. The fraction of sp³-hybridized carbons (Fsp3) is 0.312. The van der Waals surface area contributed by atoms with E-state index >= 15 is 0 Å². The summed E-state index contributed by atoms with van der Waals surface area (Å²) >= 11 is 3.15. The van der Waals surface area contributed by atoms with Crippen molar-refractivity contribution in [1.29, 1.82) is 0 Å².